The van der Waals surface area contributed by atoms with Crippen LogP contribution in [0.2, 0.25) is 0 Å². The second kappa shape index (κ2) is 9.75. The first-order chi connectivity index (χ1) is 9.69. The monoisotopic (exact) mass is 280 g/mol. The van der Waals surface area contributed by atoms with Gasteiger partial charge in [-0.15, -0.1) is 0 Å². The summed E-state index contributed by atoms with van der Waals surface area (Å²) in [6, 6.07) is 7.68. The van der Waals surface area contributed by atoms with Crippen molar-refractivity contribution in [2.24, 2.45) is 5.73 Å². The lowest BCUT2D eigenvalue weighted by Crippen LogP contribution is -2.36. The van der Waals surface area contributed by atoms with E-state index in [4.69, 9.17) is 10.5 Å². The van der Waals surface area contributed by atoms with Gasteiger partial charge in [-0.2, -0.15) is 0 Å². The molecule has 20 heavy (non-hydrogen) atoms. The molecule has 1 rings (SSSR count). The van der Waals surface area contributed by atoms with Crippen molar-refractivity contribution >= 4 is 0 Å². The third-order valence-corrected chi connectivity index (χ3v) is 3.35. The molecular weight excluding hydrogens is 252 g/mol. The molecule has 4 heteroatoms. The van der Waals surface area contributed by atoms with Gasteiger partial charge in [0.2, 0.25) is 0 Å². The molecule has 1 aromatic rings. The molecule has 0 aliphatic heterocycles. The highest BCUT2D eigenvalue weighted by Gasteiger charge is 2.10. The topological polar surface area (TPSA) is 58.7 Å². The van der Waals surface area contributed by atoms with E-state index in [0.29, 0.717) is 19.7 Å². The average molecular weight is 280 g/mol. The van der Waals surface area contributed by atoms with Gasteiger partial charge in [0.05, 0.1) is 0 Å². The van der Waals surface area contributed by atoms with E-state index in [0.717, 1.165) is 24.4 Å². The second-order valence-electron chi connectivity index (χ2n) is 5.06. The van der Waals surface area contributed by atoms with Crippen LogP contribution in [0.4, 0.5) is 0 Å². The maximum absolute atomic E-state index is 10.0. The zero-order valence-corrected chi connectivity index (χ0v) is 12.7. The fourth-order valence-electron chi connectivity index (χ4n) is 2.03. The Balaban J connectivity index is 2.31. The van der Waals surface area contributed by atoms with Crippen LogP contribution in [0.15, 0.2) is 24.3 Å². The lowest BCUT2D eigenvalue weighted by molar-refractivity contribution is 0.0694. The van der Waals surface area contributed by atoms with Crippen LogP contribution in [-0.2, 0) is 6.54 Å². The molecule has 114 valence electrons. The molecule has 3 N–H and O–H groups in total. The molecule has 0 aliphatic rings. The first kappa shape index (κ1) is 17.0. The molecule has 0 aromatic heterocycles. The second-order valence-corrected chi connectivity index (χ2v) is 5.06. The highest BCUT2D eigenvalue weighted by Crippen LogP contribution is 2.12. The summed E-state index contributed by atoms with van der Waals surface area (Å²) in [7, 11) is 0. The summed E-state index contributed by atoms with van der Waals surface area (Å²) < 4.78 is 5.60. The number of likely N-dealkylation sites (N-methyl/N-ethyl adjacent to an activating group) is 1. The number of hydrogen-bond acceptors (Lipinski definition) is 4. The molecule has 0 fully saturated rings. The minimum Gasteiger partial charge on any atom is -0.491 e. The molecule has 0 amide bonds. The number of aliphatic hydroxyl groups excluding tert-OH is 1. The van der Waals surface area contributed by atoms with Crippen molar-refractivity contribution < 1.29 is 9.84 Å². The van der Waals surface area contributed by atoms with Crippen molar-refractivity contribution in [3.63, 3.8) is 0 Å². The van der Waals surface area contributed by atoms with Crippen LogP contribution >= 0.6 is 0 Å². The first-order valence-corrected chi connectivity index (χ1v) is 7.51. The Hall–Kier alpha value is -1.10. The highest BCUT2D eigenvalue weighted by molar-refractivity contribution is 5.27. The largest absolute Gasteiger partial charge is 0.491 e. The van der Waals surface area contributed by atoms with Crippen LogP contribution in [0.1, 0.15) is 32.3 Å². The summed E-state index contributed by atoms with van der Waals surface area (Å²) in [6.45, 7) is 7.82. The Morgan fingerprint density at radius 1 is 1.25 bits per heavy atom. The van der Waals surface area contributed by atoms with Gasteiger partial charge >= 0.3 is 0 Å². The fraction of sp³-hybridized carbons (Fsp3) is 0.625. The number of hydrogen-bond donors (Lipinski definition) is 2. The minimum absolute atomic E-state index is 0.324. The first-order valence-electron chi connectivity index (χ1n) is 7.51. The van der Waals surface area contributed by atoms with E-state index in [2.05, 4.69) is 18.7 Å². The predicted molar refractivity (Wildman–Crippen MR) is 82.9 cm³/mol. The average Bonchev–Trinajstić information content (AvgIpc) is 2.49. The van der Waals surface area contributed by atoms with Crippen molar-refractivity contribution in [1.82, 2.24) is 4.90 Å². The maximum atomic E-state index is 10.0. The van der Waals surface area contributed by atoms with Crippen LogP contribution in [0.5, 0.6) is 5.75 Å². The Morgan fingerprint density at radius 3 is 2.50 bits per heavy atom. The lowest BCUT2D eigenvalue weighted by atomic mass is 10.2. The van der Waals surface area contributed by atoms with E-state index >= 15 is 0 Å². The molecule has 0 bridgehead atoms. The molecule has 0 spiro atoms. The molecular formula is C16H28N2O2. The van der Waals surface area contributed by atoms with Crippen molar-refractivity contribution in [1.29, 1.82) is 0 Å². The number of unbranched alkanes of at least 4 members (excludes halogenated alkanes) is 1. The van der Waals surface area contributed by atoms with E-state index in [-0.39, 0.29) is 0 Å². The van der Waals surface area contributed by atoms with E-state index in [1.165, 1.54) is 12.8 Å². The molecule has 0 saturated carbocycles. The zero-order chi connectivity index (χ0) is 14.8. The van der Waals surface area contributed by atoms with Crippen molar-refractivity contribution in [3.8, 4) is 5.75 Å². The minimum atomic E-state index is -0.457. The van der Waals surface area contributed by atoms with Crippen LogP contribution in [-0.4, -0.2) is 42.4 Å². The van der Waals surface area contributed by atoms with E-state index in [1.807, 2.05) is 24.3 Å². The van der Waals surface area contributed by atoms with Gasteiger partial charge in [0, 0.05) is 13.1 Å². The number of rotatable bonds is 10. The van der Waals surface area contributed by atoms with Gasteiger partial charge in [-0.3, -0.25) is 0 Å². The van der Waals surface area contributed by atoms with Crippen LogP contribution in [0, 0.1) is 0 Å². The summed E-state index contributed by atoms with van der Waals surface area (Å²) in [5, 5.41) is 10.0. The Labute approximate surface area is 122 Å². The van der Waals surface area contributed by atoms with Crippen molar-refractivity contribution in [2.75, 3.05) is 26.2 Å². The molecule has 1 atom stereocenters. The summed E-state index contributed by atoms with van der Waals surface area (Å²) in [4.78, 5) is 2.26. The van der Waals surface area contributed by atoms with E-state index in [9.17, 15) is 5.11 Å². The molecule has 0 radical (unpaired) electrons. The quantitative estimate of drug-likeness (QED) is 0.688. The van der Waals surface area contributed by atoms with Gasteiger partial charge in [-0.05, 0) is 37.2 Å². The van der Waals surface area contributed by atoms with E-state index in [1.54, 1.807) is 0 Å². The SMILES string of the molecule is CCCCN(CC)CC(O)COc1ccc(CN)cc1. The van der Waals surface area contributed by atoms with Gasteiger partial charge in [-0.25, -0.2) is 0 Å². The Morgan fingerprint density at radius 2 is 1.95 bits per heavy atom. The fourth-order valence-corrected chi connectivity index (χ4v) is 2.03. The number of nitrogens with zero attached hydrogens (tertiary/aromatic N) is 1. The Bertz CT molecular complexity index is 354. The highest BCUT2D eigenvalue weighted by atomic mass is 16.5. The van der Waals surface area contributed by atoms with Gasteiger partial charge in [-0.1, -0.05) is 32.4 Å². The number of ether oxygens (including phenoxy) is 1. The smallest absolute Gasteiger partial charge is 0.119 e. The summed E-state index contributed by atoms with van der Waals surface area (Å²) in [5.74, 6) is 0.776. The van der Waals surface area contributed by atoms with Crippen LogP contribution in [0.25, 0.3) is 0 Å². The third kappa shape index (κ3) is 6.37. The van der Waals surface area contributed by atoms with Gasteiger partial charge in [0.25, 0.3) is 0 Å². The van der Waals surface area contributed by atoms with Crippen molar-refractivity contribution in [2.45, 2.75) is 39.3 Å². The number of nitrogens with two attached hydrogens (primary N) is 1. The van der Waals surface area contributed by atoms with Gasteiger partial charge < -0.3 is 20.5 Å². The summed E-state index contributed by atoms with van der Waals surface area (Å²) in [5.41, 5.74) is 6.62. The lowest BCUT2D eigenvalue weighted by Gasteiger charge is -2.23. The standard InChI is InChI=1S/C16H28N2O2/c1-3-5-10-18(4-2)12-15(19)13-20-16-8-6-14(11-17)7-9-16/h6-9,15,19H,3-5,10-13,17H2,1-2H3. The van der Waals surface area contributed by atoms with Crippen LogP contribution < -0.4 is 10.5 Å². The van der Waals surface area contributed by atoms with Gasteiger partial charge in [0.15, 0.2) is 0 Å². The molecule has 0 saturated heterocycles. The van der Waals surface area contributed by atoms with Crippen molar-refractivity contribution in [3.05, 3.63) is 29.8 Å². The van der Waals surface area contributed by atoms with Crippen LogP contribution in [0.3, 0.4) is 0 Å². The zero-order valence-electron chi connectivity index (χ0n) is 12.7. The summed E-state index contributed by atoms with van der Waals surface area (Å²) >= 11 is 0. The maximum Gasteiger partial charge on any atom is 0.119 e. The third-order valence-electron chi connectivity index (χ3n) is 3.35. The molecule has 1 aromatic carbocycles. The number of benzene rings is 1. The predicted octanol–water partition coefficient (Wildman–Crippen LogP) is 2.01. The number of aliphatic hydroxyl groups is 1. The van der Waals surface area contributed by atoms with E-state index < -0.39 is 6.10 Å². The molecule has 0 aliphatic carbocycles. The molecule has 0 heterocycles. The molecule has 4 nitrogen and oxygen atoms in total. The normalized spacial score (nSPS) is 12.7. The molecule has 1 unspecified atom stereocenters. The Kier molecular flexibility index (Phi) is 8.26. The summed E-state index contributed by atoms with van der Waals surface area (Å²) in [6.07, 6.45) is 1.89. The van der Waals surface area contributed by atoms with Gasteiger partial charge in [0.1, 0.15) is 18.5 Å².